The van der Waals surface area contributed by atoms with E-state index in [-0.39, 0.29) is 28.0 Å². The van der Waals surface area contributed by atoms with E-state index in [4.69, 9.17) is 9.47 Å². The average molecular weight is 360 g/mol. The summed E-state index contributed by atoms with van der Waals surface area (Å²) in [6.07, 6.45) is 0. The topological polar surface area (TPSA) is 99.0 Å². The van der Waals surface area contributed by atoms with E-state index in [9.17, 15) is 19.7 Å². The monoisotopic (exact) mass is 360 g/mol. The number of nitro groups is 1. The van der Waals surface area contributed by atoms with E-state index in [0.29, 0.717) is 5.70 Å². The number of para-hydroxylation sites is 1. The number of rotatable bonds is 4. The van der Waals surface area contributed by atoms with Gasteiger partial charge in [0.05, 0.1) is 41.9 Å². The van der Waals surface area contributed by atoms with Gasteiger partial charge in [0.25, 0.3) is 5.69 Å². The molecule has 0 spiro atoms. The fraction of sp³-hybridized carbons (Fsp3) is 0.333. The molecule has 138 valence electrons. The summed E-state index contributed by atoms with van der Waals surface area (Å²) in [5.74, 6) is -1.35. The summed E-state index contributed by atoms with van der Waals surface area (Å²) in [5, 5.41) is 11.5. The molecule has 0 radical (unpaired) electrons. The van der Waals surface area contributed by atoms with Crippen molar-refractivity contribution in [3.63, 3.8) is 0 Å². The molecule has 1 heterocycles. The lowest BCUT2D eigenvalue weighted by molar-refractivity contribution is -0.385. The third kappa shape index (κ3) is 3.05. The predicted octanol–water partition coefficient (Wildman–Crippen LogP) is 2.30. The molecular formula is C18H20N2O6. The Kier molecular flexibility index (Phi) is 5.44. The molecule has 26 heavy (non-hydrogen) atoms. The SMILES string of the molecule is COC(=O)C1=C(C)N(C)C(C)C(C(=O)OC)=C1c1ccccc1[N+](=O)[O-]. The minimum Gasteiger partial charge on any atom is -0.466 e. The Bertz CT molecular complexity index is 840. The van der Waals surface area contributed by atoms with Crippen molar-refractivity contribution in [3.8, 4) is 0 Å². The number of benzene rings is 1. The molecule has 1 aliphatic rings. The minimum atomic E-state index is -0.684. The van der Waals surface area contributed by atoms with Crippen molar-refractivity contribution in [1.29, 1.82) is 0 Å². The maximum absolute atomic E-state index is 12.5. The first-order valence-corrected chi connectivity index (χ1v) is 7.84. The highest BCUT2D eigenvalue weighted by atomic mass is 16.6. The van der Waals surface area contributed by atoms with Crippen molar-refractivity contribution >= 4 is 23.2 Å². The summed E-state index contributed by atoms with van der Waals surface area (Å²) in [5.41, 5.74) is 0.926. The Balaban J connectivity index is 2.96. The van der Waals surface area contributed by atoms with Crippen LogP contribution in [0.4, 0.5) is 5.69 Å². The van der Waals surface area contributed by atoms with Crippen LogP contribution in [0.3, 0.4) is 0 Å². The molecule has 1 aliphatic heterocycles. The van der Waals surface area contributed by atoms with Crippen molar-refractivity contribution in [2.24, 2.45) is 0 Å². The molecule has 1 atom stereocenters. The van der Waals surface area contributed by atoms with Crippen LogP contribution in [-0.2, 0) is 19.1 Å². The van der Waals surface area contributed by atoms with Crippen LogP contribution >= 0.6 is 0 Å². The lowest BCUT2D eigenvalue weighted by atomic mass is 9.84. The molecule has 0 saturated carbocycles. The predicted molar refractivity (Wildman–Crippen MR) is 94.0 cm³/mol. The van der Waals surface area contributed by atoms with Gasteiger partial charge in [-0.3, -0.25) is 10.1 Å². The van der Waals surface area contributed by atoms with Crippen molar-refractivity contribution in [3.05, 3.63) is 56.8 Å². The molecule has 0 fully saturated rings. The first-order chi connectivity index (χ1) is 12.3. The zero-order valence-electron chi connectivity index (χ0n) is 15.2. The molecule has 1 aromatic carbocycles. The number of hydrogen-bond acceptors (Lipinski definition) is 7. The largest absolute Gasteiger partial charge is 0.466 e. The summed E-state index contributed by atoms with van der Waals surface area (Å²) in [6.45, 7) is 3.46. The summed E-state index contributed by atoms with van der Waals surface area (Å²) < 4.78 is 9.77. The van der Waals surface area contributed by atoms with Gasteiger partial charge < -0.3 is 14.4 Å². The quantitative estimate of drug-likeness (QED) is 0.461. The number of carbonyl (C=O) groups is 2. The summed E-state index contributed by atoms with van der Waals surface area (Å²) >= 11 is 0. The van der Waals surface area contributed by atoms with Crippen LogP contribution in [0, 0.1) is 10.1 Å². The first kappa shape index (κ1) is 19.2. The summed E-state index contributed by atoms with van der Waals surface area (Å²) in [6, 6.07) is 5.50. The number of allylic oxidation sites excluding steroid dienone is 1. The number of carbonyl (C=O) groups excluding carboxylic acids is 2. The molecule has 1 unspecified atom stereocenters. The van der Waals surface area contributed by atoms with Crippen molar-refractivity contribution in [2.45, 2.75) is 19.9 Å². The van der Waals surface area contributed by atoms with E-state index in [0.717, 1.165) is 0 Å². The molecule has 0 amide bonds. The second kappa shape index (κ2) is 7.38. The van der Waals surface area contributed by atoms with Crippen LogP contribution in [0.25, 0.3) is 5.57 Å². The molecule has 1 aromatic rings. The van der Waals surface area contributed by atoms with E-state index in [2.05, 4.69) is 0 Å². The molecule has 0 N–H and O–H groups in total. The number of nitro benzene ring substituents is 1. The number of hydrogen-bond donors (Lipinski definition) is 0. The third-order valence-corrected chi connectivity index (χ3v) is 4.57. The van der Waals surface area contributed by atoms with Gasteiger partial charge in [0.2, 0.25) is 0 Å². The van der Waals surface area contributed by atoms with Crippen LogP contribution < -0.4 is 0 Å². The molecule has 8 nitrogen and oxygen atoms in total. The normalized spacial score (nSPS) is 17.3. The fourth-order valence-corrected chi connectivity index (χ4v) is 3.04. The van der Waals surface area contributed by atoms with Gasteiger partial charge in [-0.1, -0.05) is 12.1 Å². The van der Waals surface area contributed by atoms with E-state index in [1.165, 1.54) is 32.4 Å². The third-order valence-electron chi connectivity index (χ3n) is 4.57. The summed E-state index contributed by atoms with van der Waals surface area (Å²) in [4.78, 5) is 37.7. The number of esters is 2. The highest BCUT2D eigenvalue weighted by Crippen LogP contribution is 2.41. The molecule has 8 heteroatoms. The molecule has 0 saturated heterocycles. The lowest BCUT2D eigenvalue weighted by Gasteiger charge is -2.36. The zero-order valence-corrected chi connectivity index (χ0v) is 15.2. The van der Waals surface area contributed by atoms with Crippen LogP contribution in [0.5, 0.6) is 0 Å². The highest BCUT2D eigenvalue weighted by molar-refractivity contribution is 6.15. The van der Waals surface area contributed by atoms with Crippen LogP contribution in [0.2, 0.25) is 0 Å². The second-order valence-corrected chi connectivity index (χ2v) is 5.79. The molecular weight excluding hydrogens is 340 g/mol. The Hall–Kier alpha value is -3.16. The Morgan fingerprint density at radius 2 is 1.73 bits per heavy atom. The minimum absolute atomic E-state index is 0.0998. The van der Waals surface area contributed by atoms with Crippen molar-refractivity contribution in [1.82, 2.24) is 4.90 Å². The Morgan fingerprint density at radius 3 is 2.27 bits per heavy atom. The van der Waals surface area contributed by atoms with Gasteiger partial charge in [0, 0.05) is 24.4 Å². The molecule has 0 aromatic heterocycles. The molecule has 2 rings (SSSR count). The molecule has 0 aliphatic carbocycles. The van der Waals surface area contributed by atoms with Gasteiger partial charge in [-0.2, -0.15) is 0 Å². The van der Waals surface area contributed by atoms with E-state index in [1.54, 1.807) is 31.9 Å². The van der Waals surface area contributed by atoms with Crippen LogP contribution in [0.15, 0.2) is 41.1 Å². The van der Waals surface area contributed by atoms with Gasteiger partial charge in [-0.05, 0) is 19.9 Å². The fourth-order valence-electron chi connectivity index (χ4n) is 3.04. The van der Waals surface area contributed by atoms with Crippen molar-refractivity contribution in [2.75, 3.05) is 21.3 Å². The Morgan fingerprint density at radius 1 is 1.15 bits per heavy atom. The van der Waals surface area contributed by atoms with Gasteiger partial charge in [0.15, 0.2) is 0 Å². The smallest absolute Gasteiger partial charge is 0.340 e. The van der Waals surface area contributed by atoms with Crippen molar-refractivity contribution < 1.29 is 24.0 Å². The second-order valence-electron chi connectivity index (χ2n) is 5.79. The van der Waals surface area contributed by atoms with Gasteiger partial charge in [-0.15, -0.1) is 0 Å². The average Bonchev–Trinajstić information content (AvgIpc) is 2.64. The first-order valence-electron chi connectivity index (χ1n) is 7.84. The van der Waals surface area contributed by atoms with Crippen LogP contribution in [-0.4, -0.2) is 49.1 Å². The number of methoxy groups -OCH3 is 2. The highest BCUT2D eigenvalue weighted by Gasteiger charge is 2.39. The van der Waals surface area contributed by atoms with Crippen LogP contribution in [0.1, 0.15) is 19.4 Å². The van der Waals surface area contributed by atoms with E-state index >= 15 is 0 Å². The number of nitrogens with zero attached hydrogens (tertiary/aromatic N) is 2. The van der Waals surface area contributed by atoms with E-state index < -0.39 is 22.9 Å². The summed E-state index contributed by atoms with van der Waals surface area (Å²) in [7, 11) is 4.17. The van der Waals surface area contributed by atoms with Gasteiger partial charge in [-0.25, -0.2) is 9.59 Å². The maximum atomic E-state index is 12.5. The zero-order chi connectivity index (χ0) is 19.6. The lowest BCUT2D eigenvalue weighted by Crippen LogP contribution is -2.39. The standard InChI is InChI=1S/C18H20N2O6/c1-10-14(17(21)25-4)16(12-8-6-7-9-13(12)20(23)24)15(18(22)26-5)11(2)19(10)3/h6-10H,1-5H3. The van der Waals surface area contributed by atoms with Gasteiger partial charge in [0.1, 0.15) is 0 Å². The van der Waals surface area contributed by atoms with E-state index in [1.807, 2.05) is 0 Å². The maximum Gasteiger partial charge on any atom is 0.340 e. The number of ether oxygens (including phenoxy) is 2. The molecule has 0 bridgehead atoms. The van der Waals surface area contributed by atoms with Gasteiger partial charge >= 0.3 is 11.9 Å². The Labute approximate surface area is 150 Å². The number of likely N-dealkylation sites (N-methyl/N-ethyl adjacent to an activating group) is 1.